The lowest BCUT2D eigenvalue weighted by Gasteiger charge is -2.15. The van der Waals surface area contributed by atoms with Gasteiger partial charge in [-0.25, -0.2) is 8.42 Å². The minimum atomic E-state index is -3.84. The van der Waals surface area contributed by atoms with Crippen LogP contribution in [0.5, 0.6) is 11.5 Å². The van der Waals surface area contributed by atoms with Crippen LogP contribution in [0.1, 0.15) is 18.5 Å². The Labute approximate surface area is 206 Å². The molecule has 1 amide bonds. The fraction of sp³-hybridized carbons (Fsp3) is 0.174. The Bertz CT molecular complexity index is 1240. The first-order chi connectivity index (χ1) is 15.7. The number of sulfonamides is 1. The lowest BCUT2D eigenvalue weighted by atomic mass is 10.1. The monoisotopic (exact) mass is 552 g/mol. The molecule has 0 aromatic heterocycles. The van der Waals surface area contributed by atoms with Gasteiger partial charge in [-0.1, -0.05) is 39.7 Å². The zero-order chi connectivity index (χ0) is 24.0. The Hall–Kier alpha value is -2.75. The second-order valence-electron chi connectivity index (χ2n) is 7.06. The number of ether oxygens (including phenoxy) is 2. The molecule has 0 heterocycles. The molecule has 33 heavy (non-hydrogen) atoms. The minimum Gasteiger partial charge on any atom is -0.495 e. The average Bonchev–Trinajstić information content (AvgIpc) is 2.78. The third kappa shape index (κ3) is 6.86. The van der Waals surface area contributed by atoms with Crippen molar-refractivity contribution in [2.45, 2.75) is 17.9 Å². The molecule has 10 heteroatoms. The van der Waals surface area contributed by atoms with Gasteiger partial charge in [0.1, 0.15) is 11.5 Å². The maximum Gasteiger partial charge on any atom is 0.261 e. The molecule has 0 radical (unpaired) electrons. The normalized spacial score (nSPS) is 12.0. The predicted molar refractivity (Wildman–Crippen MR) is 131 cm³/mol. The van der Waals surface area contributed by atoms with Crippen LogP contribution < -0.4 is 19.5 Å². The summed E-state index contributed by atoms with van der Waals surface area (Å²) in [5, 5.41) is 3.14. The highest BCUT2D eigenvalue weighted by atomic mass is 79.9. The van der Waals surface area contributed by atoms with Crippen molar-refractivity contribution in [3.8, 4) is 11.5 Å². The summed E-state index contributed by atoms with van der Waals surface area (Å²) >= 11 is 9.46. The number of hydrogen-bond acceptors (Lipinski definition) is 5. The van der Waals surface area contributed by atoms with Crippen LogP contribution in [0.3, 0.4) is 0 Å². The molecule has 7 nitrogen and oxygen atoms in total. The van der Waals surface area contributed by atoms with Gasteiger partial charge in [0.05, 0.1) is 28.8 Å². The molecule has 174 valence electrons. The number of halogens is 2. The van der Waals surface area contributed by atoms with Crippen molar-refractivity contribution in [1.82, 2.24) is 5.32 Å². The molecule has 0 aliphatic heterocycles. The number of benzene rings is 3. The van der Waals surface area contributed by atoms with Gasteiger partial charge in [-0.05, 0) is 67.1 Å². The van der Waals surface area contributed by atoms with E-state index in [1.807, 2.05) is 31.2 Å². The van der Waals surface area contributed by atoms with Gasteiger partial charge in [-0.15, -0.1) is 0 Å². The number of anilines is 1. The van der Waals surface area contributed by atoms with Crippen LogP contribution >= 0.6 is 27.5 Å². The summed E-state index contributed by atoms with van der Waals surface area (Å²) in [4.78, 5) is 12.3. The summed E-state index contributed by atoms with van der Waals surface area (Å²) in [5.41, 5.74) is 1.26. The van der Waals surface area contributed by atoms with Crippen LogP contribution in [0, 0.1) is 0 Å². The second kappa shape index (κ2) is 10.9. The van der Waals surface area contributed by atoms with Gasteiger partial charge in [0.15, 0.2) is 6.61 Å². The molecule has 0 bridgehead atoms. The zero-order valence-corrected chi connectivity index (χ0v) is 21.0. The summed E-state index contributed by atoms with van der Waals surface area (Å²) in [6, 6.07) is 17.8. The SMILES string of the molecule is COc1ccc(NS(=O)(=O)c2ccc(OCC(=O)N[C@H](C)c3cccc(Br)c3)cc2)cc1Cl. The van der Waals surface area contributed by atoms with Crippen molar-refractivity contribution in [1.29, 1.82) is 0 Å². The van der Waals surface area contributed by atoms with E-state index in [4.69, 9.17) is 21.1 Å². The minimum absolute atomic E-state index is 0.0366. The van der Waals surface area contributed by atoms with Crippen LogP contribution in [0.25, 0.3) is 0 Å². The van der Waals surface area contributed by atoms with E-state index in [1.54, 1.807) is 12.1 Å². The second-order valence-corrected chi connectivity index (χ2v) is 10.1. The number of rotatable bonds is 9. The molecule has 2 N–H and O–H groups in total. The summed E-state index contributed by atoms with van der Waals surface area (Å²) in [6.07, 6.45) is 0. The number of carbonyl (C=O) groups is 1. The molecule has 1 atom stereocenters. The molecule has 0 saturated heterocycles. The van der Waals surface area contributed by atoms with Gasteiger partial charge in [-0.3, -0.25) is 9.52 Å². The van der Waals surface area contributed by atoms with Crippen LogP contribution in [0.15, 0.2) is 76.1 Å². The van der Waals surface area contributed by atoms with Crippen molar-refractivity contribution in [3.05, 3.63) is 81.8 Å². The van der Waals surface area contributed by atoms with Gasteiger partial charge < -0.3 is 14.8 Å². The van der Waals surface area contributed by atoms with Crippen LogP contribution in [-0.2, 0) is 14.8 Å². The topological polar surface area (TPSA) is 93.7 Å². The van der Waals surface area contributed by atoms with Gasteiger partial charge >= 0.3 is 0 Å². The largest absolute Gasteiger partial charge is 0.495 e. The molecule has 3 rings (SSSR count). The molecule has 0 unspecified atom stereocenters. The van der Waals surface area contributed by atoms with Crippen molar-refractivity contribution in [3.63, 3.8) is 0 Å². The van der Waals surface area contributed by atoms with Crippen LogP contribution in [-0.4, -0.2) is 28.0 Å². The average molecular weight is 554 g/mol. The molecule has 0 spiro atoms. The number of nitrogens with one attached hydrogen (secondary N) is 2. The highest BCUT2D eigenvalue weighted by Crippen LogP contribution is 2.28. The van der Waals surface area contributed by atoms with Gasteiger partial charge in [0, 0.05) is 4.47 Å². The zero-order valence-electron chi connectivity index (χ0n) is 17.8. The molecular weight excluding hydrogens is 532 g/mol. The fourth-order valence-electron chi connectivity index (χ4n) is 2.95. The van der Waals surface area contributed by atoms with E-state index in [0.29, 0.717) is 17.2 Å². The van der Waals surface area contributed by atoms with E-state index < -0.39 is 10.0 Å². The quantitative estimate of drug-likeness (QED) is 0.381. The van der Waals surface area contributed by atoms with Gasteiger partial charge in [-0.2, -0.15) is 0 Å². The number of amides is 1. The highest BCUT2D eigenvalue weighted by molar-refractivity contribution is 9.10. The molecule has 3 aromatic carbocycles. The van der Waals surface area contributed by atoms with Crippen molar-refractivity contribution in [2.24, 2.45) is 0 Å². The third-order valence-corrected chi connectivity index (χ3v) is 6.82. The molecule has 0 aliphatic carbocycles. The first kappa shape index (κ1) is 24.9. The van der Waals surface area contributed by atoms with Gasteiger partial charge in [0.25, 0.3) is 15.9 Å². The van der Waals surface area contributed by atoms with E-state index in [9.17, 15) is 13.2 Å². The molecule has 3 aromatic rings. The van der Waals surface area contributed by atoms with Crippen molar-refractivity contribution >= 4 is 49.1 Å². The first-order valence-electron chi connectivity index (χ1n) is 9.82. The van der Waals surface area contributed by atoms with Gasteiger partial charge in [0.2, 0.25) is 0 Å². The molecule has 0 saturated carbocycles. The summed E-state index contributed by atoms with van der Waals surface area (Å²) in [5.74, 6) is 0.514. The number of hydrogen-bond donors (Lipinski definition) is 2. The lowest BCUT2D eigenvalue weighted by molar-refractivity contribution is -0.123. The summed E-state index contributed by atoms with van der Waals surface area (Å²) < 4.78 is 39.2. The van der Waals surface area contributed by atoms with Crippen LogP contribution in [0.4, 0.5) is 5.69 Å². The molecular formula is C23H22BrClN2O5S. The van der Waals surface area contributed by atoms with Crippen LogP contribution in [0.2, 0.25) is 5.02 Å². The van der Waals surface area contributed by atoms with E-state index >= 15 is 0 Å². The highest BCUT2D eigenvalue weighted by Gasteiger charge is 2.16. The maximum atomic E-state index is 12.6. The predicted octanol–water partition coefficient (Wildman–Crippen LogP) is 5.17. The number of methoxy groups -OCH3 is 1. The molecule has 0 fully saturated rings. The van der Waals surface area contributed by atoms with E-state index in [-0.39, 0.29) is 28.5 Å². The third-order valence-electron chi connectivity index (χ3n) is 4.63. The Morgan fingerprint density at radius 1 is 1.09 bits per heavy atom. The molecule has 0 aliphatic rings. The Kier molecular flexibility index (Phi) is 8.23. The number of carbonyl (C=O) groups excluding carboxylic acids is 1. The fourth-order valence-corrected chi connectivity index (χ4v) is 4.67. The maximum absolute atomic E-state index is 12.6. The van der Waals surface area contributed by atoms with E-state index in [1.165, 1.54) is 37.4 Å². The Balaban J connectivity index is 1.57. The van der Waals surface area contributed by atoms with E-state index in [2.05, 4.69) is 26.0 Å². The summed E-state index contributed by atoms with van der Waals surface area (Å²) in [6.45, 7) is 1.68. The van der Waals surface area contributed by atoms with Crippen molar-refractivity contribution < 1.29 is 22.7 Å². The first-order valence-corrected chi connectivity index (χ1v) is 12.5. The smallest absolute Gasteiger partial charge is 0.261 e. The van der Waals surface area contributed by atoms with Crippen molar-refractivity contribution in [2.75, 3.05) is 18.4 Å². The Morgan fingerprint density at radius 3 is 2.45 bits per heavy atom. The van der Waals surface area contributed by atoms with E-state index in [0.717, 1.165) is 10.0 Å². The standard InChI is InChI=1S/C23H22BrClN2O5S/c1-15(16-4-3-5-17(24)12-16)26-23(28)14-32-19-7-9-20(10-8-19)33(29,30)27-18-6-11-22(31-2)21(25)13-18/h3-13,15,27H,14H2,1-2H3,(H,26,28)/t15-/m1/s1. The Morgan fingerprint density at radius 2 is 1.82 bits per heavy atom. The lowest BCUT2D eigenvalue weighted by Crippen LogP contribution is -2.31. The summed E-state index contributed by atoms with van der Waals surface area (Å²) in [7, 11) is -2.36.